The lowest BCUT2D eigenvalue weighted by atomic mass is 10.2. The van der Waals surface area contributed by atoms with Crippen LogP contribution in [0.4, 0.5) is 0 Å². The van der Waals surface area contributed by atoms with Crippen molar-refractivity contribution in [2.75, 3.05) is 0 Å². The number of hydrogen-bond donors (Lipinski definition) is 0. The minimum Gasteiger partial charge on any atom is -0.331 e. The minimum absolute atomic E-state index is 0.0159. The molecule has 0 spiro atoms. The molecular weight excluding hydrogens is 324 g/mol. The third kappa shape index (κ3) is 2.27. The Labute approximate surface area is 141 Å². The van der Waals surface area contributed by atoms with Crippen LogP contribution in [0.3, 0.4) is 0 Å². The zero-order valence-electron chi connectivity index (χ0n) is 13.8. The maximum Gasteiger partial charge on any atom is 0.332 e. The number of amides is 1. The first kappa shape index (κ1) is 15.3. The molecule has 1 amide bonds. The predicted molar refractivity (Wildman–Crippen MR) is 88.7 cm³/mol. The molecule has 128 valence electrons. The van der Waals surface area contributed by atoms with Crippen molar-refractivity contribution in [3.05, 3.63) is 56.8 Å². The molecule has 0 unspecified atom stereocenters. The van der Waals surface area contributed by atoms with Gasteiger partial charge in [0.15, 0.2) is 11.2 Å². The second-order valence-corrected chi connectivity index (χ2v) is 6.11. The number of aryl methyl sites for hydroxylation is 1. The van der Waals surface area contributed by atoms with Crippen LogP contribution in [0.5, 0.6) is 0 Å². The van der Waals surface area contributed by atoms with Gasteiger partial charge in [-0.1, -0.05) is 6.07 Å². The zero-order valence-corrected chi connectivity index (χ0v) is 13.8. The van der Waals surface area contributed by atoms with E-state index < -0.39 is 11.2 Å². The van der Waals surface area contributed by atoms with Crippen LogP contribution in [-0.2, 0) is 38.5 Å². The molecule has 0 N–H and O–H groups in total. The van der Waals surface area contributed by atoms with Crippen LogP contribution in [0.25, 0.3) is 11.2 Å². The lowest BCUT2D eigenvalue weighted by Crippen LogP contribution is -2.38. The highest BCUT2D eigenvalue weighted by Crippen LogP contribution is 2.20. The van der Waals surface area contributed by atoms with Gasteiger partial charge >= 0.3 is 5.69 Å². The number of carbonyl (C=O) groups excluding carboxylic acids is 1. The number of fused-ring (bicyclic) bond motifs is 2. The lowest BCUT2D eigenvalue weighted by molar-refractivity contribution is -0.132. The molecule has 0 fully saturated rings. The molecule has 1 aliphatic rings. The minimum atomic E-state index is -0.463. The molecule has 4 heterocycles. The number of nitrogens with zero attached hydrogens (tertiary/aromatic N) is 6. The number of hydrogen-bond acceptors (Lipinski definition) is 5. The first-order valence-corrected chi connectivity index (χ1v) is 7.78. The van der Waals surface area contributed by atoms with E-state index in [-0.39, 0.29) is 23.6 Å². The van der Waals surface area contributed by atoms with Crippen LogP contribution in [0.15, 0.2) is 34.2 Å². The first-order chi connectivity index (χ1) is 12.0. The van der Waals surface area contributed by atoms with E-state index in [0.29, 0.717) is 13.1 Å². The molecule has 0 aliphatic carbocycles. The topological polar surface area (TPSA) is 95.0 Å². The van der Waals surface area contributed by atoms with E-state index >= 15 is 0 Å². The van der Waals surface area contributed by atoms with Crippen molar-refractivity contribution in [2.45, 2.75) is 19.6 Å². The number of rotatable bonds is 2. The Kier molecular flexibility index (Phi) is 3.31. The fraction of sp³-hybridized carbons (Fsp3) is 0.312. The standard InChI is InChI=1S/C16H16N6O3/c1-19-14-13(15(24)20(2)16(19)25)22(9-18-14)8-12(23)21-6-10-4-3-5-17-11(10)7-21/h3-5,9H,6-8H2,1-2H3. The molecule has 0 saturated carbocycles. The molecule has 0 saturated heterocycles. The third-order valence-electron chi connectivity index (χ3n) is 4.56. The smallest absolute Gasteiger partial charge is 0.331 e. The normalized spacial score (nSPS) is 13.4. The fourth-order valence-corrected chi connectivity index (χ4v) is 3.14. The lowest BCUT2D eigenvalue weighted by Gasteiger charge is -2.15. The predicted octanol–water partition coefficient (Wildman–Crippen LogP) is -0.629. The van der Waals surface area contributed by atoms with Crippen molar-refractivity contribution >= 4 is 17.1 Å². The van der Waals surface area contributed by atoms with Crippen LogP contribution < -0.4 is 11.2 Å². The van der Waals surface area contributed by atoms with E-state index in [4.69, 9.17) is 0 Å². The highest BCUT2D eigenvalue weighted by molar-refractivity contribution is 5.79. The summed E-state index contributed by atoms with van der Waals surface area (Å²) in [6, 6.07) is 3.80. The Morgan fingerprint density at radius 2 is 1.96 bits per heavy atom. The summed E-state index contributed by atoms with van der Waals surface area (Å²) in [6.07, 6.45) is 3.13. The molecule has 9 nitrogen and oxygen atoms in total. The fourth-order valence-electron chi connectivity index (χ4n) is 3.14. The van der Waals surface area contributed by atoms with Crippen LogP contribution in [0, 0.1) is 0 Å². The Morgan fingerprint density at radius 3 is 2.72 bits per heavy atom. The van der Waals surface area contributed by atoms with Gasteiger partial charge in [0.1, 0.15) is 6.54 Å². The summed E-state index contributed by atoms with van der Waals surface area (Å²) in [5, 5.41) is 0. The Morgan fingerprint density at radius 1 is 1.16 bits per heavy atom. The molecule has 3 aromatic rings. The van der Waals surface area contributed by atoms with E-state index in [9.17, 15) is 14.4 Å². The Hall–Kier alpha value is -3.23. The van der Waals surface area contributed by atoms with Gasteiger partial charge in [-0.25, -0.2) is 9.78 Å². The van der Waals surface area contributed by atoms with Gasteiger partial charge in [0, 0.05) is 26.8 Å². The Bertz CT molecular complexity index is 1100. The third-order valence-corrected chi connectivity index (χ3v) is 4.56. The van der Waals surface area contributed by atoms with Crippen molar-refractivity contribution in [1.82, 2.24) is 28.6 Å². The van der Waals surface area contributed by atoms with E-state index in [1.165, 1.54) is 22.5 Å². The summed E-state index contributed by atoms with van der Waals surface area (Å²) < 4.78 is 3.81. The van der Waals surface area contributed by atoms with E-state index in [2.05, 4.69) is 9.97 Å². The van der Waals surface area contributed by atoms with Crippen molar-refractivity contribution in [2.24, 2.45) is 14.1 Å². The summed E-state index contributed by atoms with van der Waals surface area (Å²) in [5.74, 6) is -0.131. The maximum absolute atomic E-state index is 12.6. The molecule has 4 rings (SSSR count). The van der Waals surface area contributed by atoms with Crippen molar-refractivity contribution in [3.8, 4) is 0 Å². The average Bonchev–Trinajstić information content (AvgIpc) is 3.22. The van der Waals surface area contributed by atoms with E-state index in [1.807, 2.05) is 12.1 Å². The molecule has 9 heteroatoms. The average molecular weight is 340 g/mol. The van der Waals surface area contributed by atoms with Crippen LogP contribution in [-0.4, -0.2) is 34.5 Å². The number of pyridine rings is 1. The molecule has 25 heavy (non-hydrogen) atoms. The van der Waals surface area contributed by atoms with Gasteiger partial charge in [-0.3, -0.25) is 23.7 Å². The summed E-state index contributed by atoms with van der Waals surface area (Å²) in [7, 11) is 2.96. The summed E-state index contributed by atoms with van der Waals surface area (Å²) >= 11 is 0. The van der Waals surface area contributed by atoms with Crippen molar-refractivity contribution in [1.29, 1.82) is 0 Å². The van der Waals surface area contributed by atoms with E-state index in [0.717, 1.165) is 15.8 Å². The van der Waals surface area contributed by atoms with Crippen molar-refractivity contribution in [3.63, 3.8) is 0 Å². The highest BCUT2D eigenvalue weighted by Gasteiger charge is 2.25. The molecule has 0 radical (unpaired) electrons. The van der Waals surface area contributed by atoms with Gasteiger partial charge in [-0.05, 0) is 11.6 Å². The van der Waals surface area contributed by atoms with Gasteiger partial charge in [0.25, 0.3) is 5.56 Å². The largest absolute Gasteiger partial charge is 0.332 e. The van der Waals surface area contributed by atoms with Crippen LogP contribution >= 0.6 is 0 Å². The molecule has 0 bridgehead atoms. The van der Waals surface area contributed by atoms with Crippen LogP contribution in [0.1, 0.15) is 11.3 Å². The highest BCUT2D eigenvalue weighted by atomic mass is 16.2. The van der Waals surface area contributed by atoms with Gasteiger partial charge in [-0.2, -0.15) is 0 Å². The van der Waals surface area contributed by atoms with Gasteiger partial charge < -0.3 is 9.47 Å². The van der Waals surface area contributed by atoms with Crippen LogP contribution in [0.2, 0.25) is 0 Å². The summed E-state index contributed by atoms with van der Waals surface area (Å²) in [6.45, 7) is 0.946. The zero-order chi connectivity index (χ0) is 17.7. The Balaban J connectivity index is 1.67. The number of imidazole rings is 1. The summed E-state index contributed by atoms with van der Waals surface area (Å²) in [5.41, 5.74) is 1.53. The SMILES string of the molecule is Cn1c(=O)c2c(ncn2CC(=O)N2Cc3cccnc3C2)n(C)c1=O. The maximum atomic E-state index is 12.6. The quantitative estimate of drug-likeness (QED) is 0.619. The number of carbonyl (C=O) groups is 1. The molecule has 1 aliphatic heterocycles. The van der Waals surface area contributed by atoms with Crippen molar-refractivity contribution < 1.29 is 4.79 Å². The molecule has 0 atom stereocenters. The summed E-state index contributed by atoms with van der Waals surface area (Å²) in [4.78, 5) is 47.1. The van der Waals surface area contributed by atoms with E-state index in [1.54, 1.807) is 18.1 Å². The molecule has 0 aromatic carbocycles. The van der Waals surface area contributed by atoms with Gasteiger partial charge in [-0.15, -0.1) is 0 Å². The number of aromatic nitrogens is 5. The second kappa shape index (κ2) is 5.40. The monoisotopic (exact) mass is 340 g/mol. The molecule has 3 aromatic heterocycles. The van der Waals surface area contributed by atoms with Gasteiger partial charge in [0.05, 0.1) is 18.6 Å². The first-order valence-electron chi connectivity index (χ1n) is 7.78. The van der Waals surface area contributed by atoms with Gasteiger partial charge in [0.2, 0.25) is 5.91 Å². The second-order valence-electron chi connectivity index (χ2n) is 6.11. The molecular formula is C16H16N6O3.